The van der Waals surface area contributed by atoms with Gasteiger partial charge in [-0.15, -0.1) is 0 Å². The molecule has 0 atom stereocenters. The lowest BCUT2D eigenvalue weighted by atomic mass is 10.1. The highest BCUT2D eigenvalue weighted by Gasteiger charge is 2.07. The second-order valence-corrected chi connectivity index (χ2v) is 6.66. The molecule has 0 aliphatic carbocycles. The molecule has 0 aromatic heterocycles. The number of primary sulfonamides is 1. The largest absolute Gasteiger partial charge is 0.356 e. The SMILES string of the molecule is CCCCCCNC(=O)CCc1ccc(S(N)(=O)=O)cc1. The summed E-state index contributed by atoms with van der Waals surface area (Å²) in [4.78, 5) is 11.7. The topological polar surface area (TPSA) is 89.3 Å². The molecule has 118 valence electrons. The number of hydrogen-bond acceptors (Lipinski definition) is 3. The van der Waals surface area contributed by atoms with E-state index < -0.39 is 10.0 Å². The molecule has 0 fully saturated rings. The lowest BCUT2D eigenvalue weighted by Gasteiger charge is -2.05. The lowest BCUT2D eigenvalue weighted by molar-refractivity contribution is -0.121. The minimum Gasteiger partial charge on any atom is -0.356 e. The van der Waals surface area contributed by atoms with Crippen LogP contribution in [0.5, 0.6) is 0 Å². The first-order valence-corrected chi connectivity index (χ1v) is 8.86. The Bertz CT molecular complexity index is 539. The quantitative estimate of drug-likeness (QED) is 0.683. The van der Waals surface area contributed by atoms with Crippen LogP contribution in [0.1, 0.15) is 44.6 Å². The smallest absolute Gasteiger partial charge is 0.238 e. The van der Waals surface area contributed by atoms with Crippen LogP contribution in [0.25, 0.3) is 0 Å². The molecule has 1 aromatic carbocycles. The Labute approximate surface area is 127 Å². The number of unbranched alkanes of at least 4 members (excludes halogenated alkanes) is 3. The average Bonchev–Trinajstić information content (AvgIpc) is 2.44. The summed E-state index contributed by atoms with van der Waals surface area (Å²) >= 11 is 0. The Morgan fingerprint density at radius 3 is 2.38 bits per heavy atom. The van der Waals surface area contributed by atoms with Crippen LogP contribution in [-0.4, -0.2) is 20.9 Å². The van der Waals surface area contributed by atoms with E-state index in [0.29, 0.717) is 12.8 Å². The maximum Gasteiger partial charge on any atom is 0.238 e. The molecule has 1 rings (SSSR count). The minimum absolute atomic E-state index is 0.0296. The van der Waals surface area contributed by atoms with Crippen molar-refractivity contribution in [2.24, 2.45) is 5.14 Å². The first-order chi connectivity index (χ1) is 9.93. The third-order valence-electron chi connectivity index (χ3n) is 3.25. The Kier molecular flexibility index (Phi) is 7.39. The van der Waals surface area contributed by atoms with Crippen molar-refractivity contribution in [3.05, 3.63) is 29.8 Å². The van der Waals surface area contributed by atoms with Crippen molar-refractivity contribution in [1.82, 2.24) is 5.32 Å². The van der Waals surface area contributed by atoms with Crippen molar-refractivity contribution in [3.63, 3.8) is 0 Å². The van der Waals surface area contributed by atoms with Gasteiger partial charge in [-0.05, 0) is 30.5 Å². The lowest BCUT2D eigenvalue weighted by Crippen LogP contribution is -2.24. The Balaban J connectivity index is 2.30. The molecule has 0 heterocycles. The molecule has 6 heteroatoms. The molecule has 0 spiro atoms. The summed E-state index contributed by atoms with van der Waals surface area (Å²) in [7, 11) is -3.65. The number of rotatable bonds is 9. The number of nitrogens with two attached hydrogens (primary N) is 1. The fourth-order valence-corrected chi connectivity index (χ4v) is 2.49. The van der Waals surface area contributed by atoms with Crippen molar-refractivity contribution < 1.29 is 13.2 Å². The van der Waals surface area contributed by atoms with Gasteiger partial charge in [0.2, 0.25) is 15.9 Å². The number of carbonyl (C=O) groups is 1. The molecular formula is C15H24N2O3S. The summed E-state index contributed by atoms with van der Waals surface area (Å²) in [5, 5.41) is 7.92. The number of benzene rings is 1. The standard InChI is InChI=1S/C15H24N2O3S/c1-2-3-4-5-12-17-15(18)11-8-13-6-9-14(10-7-13)21(16,19)20/h6-7,9-10H,2-5,8,11-12H2,1H3,(H,17,18)(H2,16,19,20). The number of sulfonamides is 1. The van der Waals surface area contributed by atoms with Gasteiger partial charge < -0.3 is 5.32 Å². The van der Waals surface area contributed by atoms with Gasteiger partial charge in [0.1, 0.15) is 0 Å². The molecule has 0 radical (unpaired) electrons. The molecule has 1 aromatic rings. The van der Waals surface area contributed by atoms with Gasteiger partial charge >= 0.3 is 0 Å². The Hall–Kier alpha value is -1.40. The second-order valence-electron chi connectivity index (χ2n) is 5.10. The maximum atomic E-state index is 11.6. The fraction of sp³-hybridized carbons (Fsp3) is 0.533. The summed E-state index contributed by atoms with van der Waals surface area (Å²) in [6.45, 7) is 2.88. The van der Waals surface area contributed by atoms with Gasteiger partial charge in [-0.3, -0.25) is 4.79 Å². The highest BCUT2D eigenvalue weighted by Crippen LogP contribution is 2.10. The van der Waals surface area contributed by atoms with Crippen LogP contribution >= 0.6 is 0 Å². The zero-order valence-corrected chi connectivity index (χ0v) is 13.3. The van der Waals surface area contributed by atoms with E-state index in [1.165, 1.54) is 25.0 Å². The van der Waals surface area contributed by atoms with Crippen LogP contribution in [0.4, 0.5) is 0 Å². The molecule has 5 nitrogen and oxygen atoms in total. The van der Waals surface area contributed by atoms with Crippen molar-refractivity contribution in [3.8, 4) is 0 Å². The molecule has 1 amide bonds. The molecule has 0 bridgehead atoms. The Morgan fingerprint density at radius 1 is 1.14 bits per heavy atom. The van der Waals surface area contributed by atoms with Crippen molar-refractivity contribution in [1.29, 1.82) is 0 Å². The van der Waals surface area contributed by atoms with Crippen molar-refractivity contribution in [2.45, 2.75) is 50.3 Å². The van der Waals surface area contributed by atoms with Gasteiger partial charge in [0.25, 0.3) is 0 Å². The summed E-state index contributed by atoms with van der Waals surface area (Å²) in [5.74, 6) is 0.0296. The zero-order valence-electron chi connectivity index (χ0n) is 12.5. The predicted molar refractivity (Wildman–Crippen MR) is 83.3 cm³/mol. The average molecular weight is 312 g/mol. The van der Waals surface area contributed by atoms with Crippen molar-refractivity contribution in [2.75, 3.05) is 6.54 Å². The van der Waals surface area contributed by atoms with E-state index in [0.717, 1.165) is 24.9 Å². The van der Waals surface area contributed by atoms with Gasteiger partial charge in [-0.25, -0.2) is 13.6 Å². The first kappa shape index (κ1) is 17.7. The number of amides is 1. The molecule has 0 aliphatic heterocycles. The van der Waals surface area contributed by atoms with E-state index in [1.54, 1.807) is 12.1 Å². The van der Waals surface area contributed by atoms with E-state index in [9.17, 15) is 13.2 Å². The highest BCUT2D eigenvalue weighted by molar-refractivity contribution is 7.89. The summed E-state index contributed by atoms with van der Waals surface area (Å²) in [6, 6.07) is 6.31. The molecule has 0 saturated heterocycles. The van der Waals surface area contributed by atoms with E-state index in [2.05, 4.69) is 12.2 Å². The third kappa shape index (κ3) is 7.24. The monoisotopic (exact) mass is 312 g/mol. The van der Waals surface area contributed by atoms with Gasteiger partial charge in [0, 0.05) is 13.0 Å². The predicted octanol–water partition coefficient (Wildman–Crippen LogP) is 1.96. The number of aryl methyl sites for hydroxylation is 1. The Morgan fingerprint density at radius 2 is 1.81 bits per heavy atom. The number of hydrogen-bond donors (Lipinski definition) is 2. The first-order valence-electron chi connectivity index (χ1n) is 7.32. The van der Waals surface area contributed by atoms with E-state index in [4.69, 9.17) is 5.14 Å². The molecular weight excluding hydrogens is 288 g/mol. The number of carbonyl (C=O) groups excluding carboxylic acids is 1. The van der Waals surface area contributed by atoms with Crippen LogP contribution in [0, 0.1) is 0 Å². The van der Waals surface area contributed by atoms with Crippen molar-refractivity contribution >= 4 is 15.9 Å². The normalized spacial score (nSPS) is 11.3. The zero-order chi connectivity index (χ0) is 15.7. The van der Waals surface area contributed by atoms with Gasteiger partial charge in [0.15, 0.2) is 0 Å². The van der Waals surface area contributed by atoms with Crippen LogP contribution in [0.15, 0.2) is 29.2 Å². The van der Waals surface area contributed by atoms with E-state index in [1.807, 2.05) is 0 Å². The summed E-state index contributed by atoms with van der Waals surface area (Å²) in [5.41, 5.74) is 0.920. The highest BCUT2D eigenvalue weighted by atomic mass is 32.2. The van der Waals surface area contributed by atoms with Gasteiger partial charge in [0.05, 0.1) is 4.90 Å². The molecule has 3 N–H and O–H groups in total. The van der Waals surface area contributed by atoms with E-state index >= 15 is 0 Å². The van der Waals surface area contributed by atoms with E-state index in [-0.39, 0.29) is 10.8 Å². The molecule has 0 aliphatic rings. The molecule has 0 saturated carbocycles. The minimum atomic E-state index is -3.65. The van der Waals surface area contributed by atoms with Gasteiger partial charge in [-0.1, -0.05) is 38.3 Å². The maximum absolute atomic E-state index is 11.6. The van der Waals surface area contributed by atoms with Crippen LogP contribution in [-0.2, 0) is 21.2 Å². The number of nitrogens with one attached hydrogen (secondary N) is 1. The fourth-order valence-electron chi connectivity index (χ4n) is 1.97. The molecule has 21 heavy (non-hydrogen) atoms. The third-order valence-corrected chi connectivity index (χ3v) is 4.17. The molecule has 0 unspecified atom stereocenters. The van der Waals surface area contributed by atoms with Crippen LogP contribution < -0.4 is 10.5 Å². The van der Waals surface area contributed by atoms with Gasteiger partial charge in [-0.2, -0.15) is 0 Å². The van der Waals surface area contributed by atoms with Crippen LogP contribution in [0.2, 0.25) is 0 Å². The second kappa shape index (κ2) is 8.79. The summed E-state index contributed by atoms with van der Waals surface area (Å²) < 4.78 is 22.2. The summed E-state index contributed by atoms with van der Waals surface area (Å²) in [6.07, 6.45) is 5.54. The van der Waals surface area contributed by atoms with Crippen LogP contribution in [0.3, 0.4) is 0 Å².